The number of carbonyl (C=O) groups is 1. The van der Waals surface area contributed by atoms with Crippen LogP contribution in [0.25, 0.3) is 0 Å². The molecule has 1 amide bonds. The Morgan fingerprint density at radius 1 is 1.50 bits per heavy atom. The molecular formula is C14H21BrN2O3. The molecule has 0 saturated heterocycles. The maximum atomic E-state index is 11.6. The predicted octanol–water partition coefficient (Wildman–Crippen LogP) is 2.72. The zero-order valence-corrected chi connectivity index (χ0v) is 13.5. The van der Waals surface area contributed by atoms with Crippen LogP contribution in [0.1, 0.15) is 32.3 Å². The number of rotatable bonds is 4. The van der Waals surface area contributed by atoms with Crippen LogP contribution in [0.2, 0.25) is 0 Å². The molecule has 0 aromatic heterocycles. The summed E-state index contributed by atoms with van der Waals surface area (Å²) in [6.07, 6.45) is -0.479. The highest BCUT2D eigenvalue weighted by atomic mass is 79.9. The molecular weight excluding hydrogens is 324 g/mol. The molecule has 0 spiro atoms. The zero-order valence-electron chi connectivity index (χ0n) is 11.9. The first-order valence-corrected chi connectivity index (χ1v) is 7.17. The van der Waals surface area contributed by atoms with Crippen molar-refractivity contribution in [1.82, 2.24) is 5.32 Å². The van der Waals surface area contributed by atoms with E-state index in [0.29, 0.717) is 13.1 Å². The summed E-state index contributed by atoms with van der Waals surface area (Å²) < 4.78 is 6.01. The molecule has 112 valence electrons. The van der Waals surface area contributed by atoms with Crippen molar-refractivity contribution in [3.05, 3.63) is 28.2 Å². The molecule has 0 aliphatic heterocycles. The molecule has 0 saturated carbocycles. The molecule has 20 heavy (non-hydrogen) atoms. The van der Waals surface area contributed by atoms with Gasteiger partial charge in [0.2, 0.25) is 0 Å². The van der Waals surface area contributed by atoms with Gasteiger partial charge in [0, 0.05) is 23.5 Å². The monoisotopic (exact) mass is 344 g/mol. The SMILES string of the molecule is CC(C)(C)OC(=O)NCC(CN)c1cc(O)ccc1Br. The molecule has 1 rings (SSSR count). The minimum Gasteiger partial charge on any atom is -0.508 e. The molecule has 5 nitrogen and oxygen atoms in total. The molecule has 1 unspecified atom stereocenters. The third-order valence-electron chi connectivity index (χ3n) is 2.60. The molecule has 1 atom stereocenters. The molecule has 0 aliphatic carbocycles. The predicted molar refractivity (Wildman–Crippen MR) is 81.8 cm³/mol. The van der Waals surface area contributed by atoms with Gasteiger partial charge in [0.15, 0.2) is 0 Å². The van der Waals surface area contributed by atoms with Gasteiger partial charge in [-0.25, -0.2) is 4.79 Å². The molecule has 0 aliphatic rings. The summed E-state index contributed by atoms with van der Waals surface area (Å²) in [5, 5.41) is 12.2. The second-order valence-electron chi connectivity index (χ2n) is 5.52. The van der Waals surface area contributed by atoms with Gasteiger partial charge in [0.25, 0.3) is 0 Å². The van der Waals surface area contributed by atoms with Gasteiger partial charge in [-0.1, -0.05) is 15.9 Å². The number of nitrogens with two attached hydrogens (primary N) is 1. The summed E-state index contributed by atoms with van der Waals surface area (Å²) in [5.41, 5.74) is 6.06. The van der Waals surface area contributed by atoms with Crippen molar-refractivity contribution >= 4 is 22.0 Å². The zero-order chi connectivity index (χ0) is 15.3. The maximum absolute atomic E-state index is 11.6. The molecule has 6 heteroatoms. The van der Waals surface area contributed by atoms with Crippen LogP contribution in [-0.2, 0) is 4.74 Å². The van der Waals surface area contributed by atoms with Gasteiger partial charge in [-0.3, -0.25) is 0 Å². The average Bonchev–Trinajstić information content (AvgIpc) is 2.32. The van der Waals surface area contributed by atoms with E-state index in [4.69, 9.17) is 10.5 Å². The topological polar surface area (TPSA) is 84.6 Å². The van der Waals surface area contributed by atoms with Crippen LogP contribution >= 0.6 is 15.9 Å². The Kier molecular flexibility index (Phi) is 5.83. The fraction of sp³-hybridized carbons (Fsp3) is 0.500. The van der Waals surface area contributed by atoms with Crippen LogP contribution in [0.5, 0.6) is 5.75 Å². The van der Waals surface area contributed by atoms with Crippen molar-refractivity contribution in [3.8, 4) is 5.75 Å². The maximum Gasteiger partial charge on any atom is 0.407 e. The van der Waals surface area contributed by atoms with Crippen molar-refractivity contribution in [1.29, 1.82) is 0 Å². The van der Waals surface area contributed by atoms with E-state index >= 15 is 0 Å². The Labute approximate surface area is 127 Å². The van der Waals surface area contributed by atoms with Crippen LogP contribution in [0, 0.1) is 0 Å². The van der Waals surface area contributed by atoms with E-state index in [1.165, 1.54) is 0 Å². The number of phenolic OH excluding ortho intramolecular Hbond substituents is 1. The minimum atomic E-state index is -0.534. The van der Waals surface area contributed by atoms with E-state index in [9.17, 15) is 9.90 Å². The van der Waals surface area contributed by atoms with Crippen molar-refractivity contribution in [2.45, 2.75) is 32.3 Å². The summed E-state index contributed by atoms with van der Waals surface area (Å²) in [6.45, 7) is 6.10. The largest absolute Gasteiger partial charge is 0.508 e. The molecule has 1 aromatic rings. The second kappa shape index (κ2) is 6.95. The summed E-state index contributed by atoms with van der Waals surface area (Å²) in [5.74, 6) is 0.0583. The quantitative estimate of drug-likeness (QED) is 0.783. The lowest BCUT2D eigenvalue weighted by Gasteiger charge is -2.22. The standard InChI is InChI=1S/C14H21BrN2O3/c1-14(2,3)20-13(19)17-8-9(7-16)11-6-10(18)4-5-12(11)15/h4-6,9,18H,7-8,16H2,1-3H3,(H,17,19). The van der Waals surface area contributed by atoms with E-state index in [0.717, 1.165) is 10.0 Å². The van der Waals surface area contributed by atoms with Crippen LogP contribution < -0.4 is 11.1 Å². The Bertz CT molecular complexity index is 472. The fourth-order valence-corrected chi connectivity index (χ4v) is 2.26. The third-order valence-corrected chi connectivity index (χ3v) is 3.32. The van der Waals surface area contributed by atoms with Gasteiger partial charge in [-0.05, 0) is 44.5 Å². The van der Waals surface area contributed by atoms with Crippen molar-refractivity contribution in [2.24, 2.45) is 5.73 Å². The van der Waals surface area contributed by atoms with Gasteiger partial charge in [-0.15, -0.1) is 0 Å². The summed E-state index contributed by atoms with van der Waals surface area (Å²) in [4.78, 5) is 11.6. The average molecular weight is 345 g/mol. The Balaban J connectivity index is 2.68. The number of halogens is 1. The molecule has 0 heterocycles. The lowest BCUT2D eigenvalue weighted by molar-refractivity contribution is 0.0525. The van der Waals surface area contributed by atoms with Crippen LogP contribution in [0.4, 0.5) is 4.79 Å². The van der Waals surface area contributed by atoms with E-state index in [1.54, 1.807) is 39.0 Å². The number of alkyl carbamates (subject to hydrolysis) is 1. The first-order valence-electron chi connectivity index (χ1n) is 6.38. The Morgan fingerprint density at radius 2 is 2.15 bits per heavy atom. The van der Waals surface area contributed by atoms with Crippen molar-refractivity contribution < 1.29 is 14.6 Å². The number of carbonyl (C=O) groups excluding carboxylic acids is 1. The first kappa shape index (κ1) is 16.8. The highest BCUT2D eigenvalue weighted by Gasteiger charge is 2.19. The van der Waals surface area contributed by atoms with Crippen LogP contribution in [0.15, 0.2) is 22.7 Å². The number of nitrogens with one attached hydrogen (secondary N) is 1. The molecule has 4 N–H and O–H groups in total. The number of ether oxygens (including phenoxy) is 1. The number of phenols is 1. The van der Waals surface area contributed by atoms with Crippen LogP contribution in [-0.4, -0.2) is 29.9 Å². The first-order chi connectivity index (χ1) is 9.23. The van der Waals surface area contributed by atoms with Gasteiger partial charge < -0.3 is 20.9 Å². The fourth-order valence-electron chi connectivity index (χ4n) is 1.68. The molecule has 0 fully saturated rings. The number of hydrogen-bond donors (Lipinski definition) is 3. The summed E-state index contributed by atoms with van der Waals surface area (Å²) in [6, 6.07) is 4.97. The molecule has 0 radical (unpaired) electrons. The number of benzene rings is 1. The minimum absolute atomic E-state index is 0.107. The normalized spacial score (nSPS) is 12.8. The van der Waals surface area contributed by atoms with Crippen molar-refractivity contribution in [3.63, 3.8) is 0 Å². The van der Waals surface area contributed by atoms with E-state index in [1.807, 2.05) is 0 Å². The Hall–Kier alpha value is -1.27. The number of amides is 1. The van der Waals surface area contributed by atoms with E-state index in [-0.39, 0.29) is 11.7 Å². The van der Waals surface area contributed by atoms with Gasteiger partial charge in [0.1, 0.15) is 11.4 Å². The molecule has 1 aromatic carbocycles. The second-order valence-corrected chi connectivity index (χ2v) is 6.38. The third kappa shape index (κ3) is 5.38. The summed E-state index contributed by atoms with van der Waals surface area (Å²) in [7, 11) is 0. The van der Waals surface area contributed by atoms with Gasteiger partial charge in [-0.2, -0.15) is 0 Å². The van der Waals surface area contributed by atoms with Crippen molar-refractivity contribution in [2.75, 3.05) is 13.1 Å². The van der Waals surface area contributed by atoms with E-state index < -0.39 is 11.7 Å². The van der Waals surface area contributed by atoms with Crippen LogP contribution in [0.3, 0.4) is 0 Å². The summed E-state index contributed by atoms with van der Waals surface area (Å²) >= 11 is 3.42. The highest BCUT2D eigenvalue weighted by molar-refractivity contribution is 9.10. The lowest BCUT2D eigenvalue weighted by Crippen LogP contribution is -2.36. The van der Waals surface area contributed by atoms with E-state index in [2.05, 4.69) is 21.2 Å². The lowest BCUT2D eigenvalue weighted by atomic mass is 9.99. The smallest absolute Gasteiger partial charge is 0.407 e. The molecule has 0 bridgehead atoms. The highest BCUT2D eigenvalue weighted by Crippen LogP contribution is 2.27. The number of aromatic hydroxyl groups is 1. The van der Waals surface area contributed by atoms with Gasteiger partial charge in [0.05, 0.1) is 0 Å². The number of hydrogen-bond acceptors (Lipinski definition) is 4. The Morgan fingerprint density at radius 3 is 2.70 bits per heavy atom. The van der Waals surface area contributed by atoms with Gasteiger partial charge >= 0.3 is 6.09 Å².